The van der Waals surface area contributed by atoms with Crippen molar-refractivity contribution in [3.05, 3.63) is 52.5 Å². The average molecular weight is 363 g/mol. The molecule has 23 heavy (non-hydrogen) atoms. The first-order chi connectivity index (χ1) is 11.1. The summed E-state index contributed by atoms with van der Waals surface area (Å²) >= 11 is 17.7. The second-order valence-electron chi connectivity index (χ2n) is 5.26. The van der Waals surface area contributed by atoms with Gasteiger partial charge in [0.25, 0.3) is 0 Å². The van der Waals surface area contributed by atoms with Crippen molar-refractivity contribution < 1.29 is 0 Å². The molecule has 3 aromatic rings. The van der Waals surface area contributed by atoms with Crippen LogP contribution in [0.4, 0.5) is 11.6 Å². The zero-order valence-electron chi connectivity index (χ0n) is 12.0. The Morgan fingerprint density at radius 1 is 1.13 bits per heavy atom. The summed E-state index contributed by atoms with van der Waals surface area (Å²) in [5, 5.41) is 4.88. The van der Waals surface area contributed by atoms with E-state index in [0.717, 1.165) is 35.8 Å². The number of anilines is 2. The first kappa shape index (κ1) is 14.8. The predicted molar refractivity (Wildman–Crippen MR) is 99.8 cm³/mol. The molecule has 1 aliphatic rings. The minimum atomic E-state index is 0.535. The average Bonchev–Trinajstić information content (AvgIpc) is 3.08. The summed E-state index contributed by atoms with van der Waals surface area (Å²) in [6.07, 6.45) is 0. The van der Waals surface area contributed by atoms with Gasteiger partial charge in [-0.25, -0.2) is 4.98 Å². The zero-order valence-corrected chi connectivity index (χ0v) is 14.3. The van der Waals surface area contributed by atoms with E-state index in [2.05, 4.69) is 20.9 Å². The number of thiocarbonyl (C=S) groups is 1. The molecule has 1 N–H and O–H groups in total. The molecule has 0 aliphatic carbocycles. The Labute approximate surface area is 148 Å². The molecule has 4 nitrogen and oxygen atoms in total. The molecule has 0 atom stereocenters. The Morgan fingerprint density at radius 3 is 2.78 bits per heavy atom. The number of halogens is 2. The van der Waals surface area contributed by atoms with Gasteiger partial charge < -0.3 is 9.88 Å². The van der Waals surface area contributed by atoms with Gasteiger partial charge in [-0.1, -0.05) is 35.3 Å². The fourth-order valence-corrected chi connectivity index (χ4v) is 3.49. The second-order valence-corrected chi connectivity index (χ2v) is 6.49. The molecule has 2 aromatic carbocycles. The molecule has 0 saturated carbocycles. The fourth-order valence-electron chi connectivity index (χ4n) is 2.76. The molecule has 1 aliphatic heterocycles. The molecule has 2 heterocycles. The van der Waals surface area contributed by atoms with Crippen LogP contribution in [0, 0.1) is 0 Å². The van der Waals surface area contributed by atoms with Gasteiger partial charge in [0, 0.05) is 18.1 Å². The lowest BCUT2D eigenvalue weighted by molar-refractivity contribution is 0.829. The van der Waals surface area contributed by atoms with Crippen LogP contribution >= 0.6 is 35.4 Å². The van der Waals surface area contributed by atoms with Crippen molar-refractivity contribution in [1.29, 1.82) is 0 Å². The lowest BCUT2D eigenvalue weighted by Gasteiger charge is -2.19. The van der Waals surface area contributed by atoms with E-state index in [1.807, 2.05) is 29.2 Å². The maximum Gasteiger partial charge on any atom is 0.213 e. The van der Waals surface area contributed by atoms with E-state index >= 15 is 0 Å². The van der Waals surface area contributed by atoms with Crippen LogP contribution in [0.5, 0.6) is 0 Å². The van der Waals surface area contributed by atoms with E-state index in [1.54, 1.807) is 12.1 Å². The topological polar surface area (TPSA) is 33.1 Å². The molecule has 7 heteroatoms. The molecule has 0 radical (unpaired) electrons. The molecular formula is C16H12Cl2N4S. The van der Waals surface area contributed by atoms with E-state index in [1.165, 1.54) is 0 Å². The van der Waals surface area contributed by atoms with Gasteiger partial charge in [-0.3, -0.25) is 4.90 Å². The van der Waals surface area contributed by atoms with Crippen molar-refractivity contribution in [2.24, 2.45) is 0 Å². The van der Waals surface area contributed by atoms with Gasteiger partial charge in [0.2, 0.25) is 5.95 Å². The van der Waals surface area contributed by atoms with Crippen molar-refractivity contribution in [3.8, 4) is 0 Å². The molecule has 0 amide bonds. The lowest BCUT2D eigenvalue weighted by atomic mass is 10.3. The lowest BCUT2D eigenvalue weighted by Crippen LogP contribution is -2.33. The maximum absolute atomic E-state index is 6.20. The standard InChI is InChI=1S/C16H12Cl2N4S/c17-10-5-6-12(11(18)9-10)20-16(23)22-8-7-21-14-4-2-1-3-13(14)19-15(21)22/h1-6,9H,7-8H2,(H,20,23). The van der Waals surface area contributed by atoms with Gasteiger partial charge in [-0.15, -0.1) is 0 Å². The molecular weight excluding hydrogens is 351 g/mol. The van der Waals surface area contributed by atoms with E-state index in [9.17, 15) is 0 Å². The molecule has 0 saturated heterocycles. The third-order valence-corrected chi connectivity index (χ3v) is 4.71. The van der Waals surface area contributed by atoms with E-state index in [0.29, 0.717) is 15.2 Å². The van der Waals surface area contributed by atoms with Gasteiger partial charge in [-0.2, -0.15) is 0 Å². The summed E-state index contributed by atoms with van der Waals surface area (Å²) in [6, 6.07) is 13.4. The van der Waals surface area contributed by atoms with Gasteiger partial charge >= 0.3 is 0 Å². The molecule has 0 fully saturated rings. The maximum atomic E-state index is 6.20. The van der Waals surface area contributed by atoms with Crippen LogP contribution in [-0.4, -0.2) is 21.2 Å². The van der Waals surface area contributed by atoms with Crippen LogP contribution in [0.25, 0.3) is 11.0 Å². The number of nitrogens with zero attached hydrogens (tertiary/aromatic N) is 3. The molecule has 1 aromatic heterocycles. The highest BCUT2D eigenvalue weighted by Gasteiger charge is 2.26. The first-order valence-electron chi connectivity index (χ1n) is 7.12. The first-order valence-corrected chi connectivity index (χ1v) is 8.29. The van der Waals surface area contributed by atoms with Crippen LogP contribution in [-0.2, 0) is 6.54 Å². The molecule has 0 spiro atoms. The van der Waals surface area contributed by atoms with Gasteiger partial charge in [0.1, 0.15) is 0 Å². The predicted octanol–water partition coefficient (Wildman–Crippen LogP) is 4.56. The number of hydrogen-bond acceptors (Lipinski definition) is 2. The summed E-state index contributed by atoms with van der Waals surface area (Å²) in [7, 11) is 0. The molecule has 0 unspecified atom stereocenters. The minimum Gasteiger partial charge on any atom is -0.331 e. The van der Waals surface area contributed by atoms with Crippen LogP contribution < -0.4 is 10.2 Å². The molecule has 4 rings (SSSR count). The number of aromatic nitrogens is 2. The number of para-hydroxylation sites is 2. The summed E-state index contributed by atoms with van der Waals surface area (Å²) in [4.78, 5) is 6.67. The highest BCUT2D eigenvalue weighted by atomic mass is 35.5. The third kappa shape index (κ3) is 2.55. The number of hydrogen-bond donors (Lipinski definition) is 1. The van der Waals surface area contributed by atoms with Crippen molar-refractivity contribution in [2.45, 2.75) is 6.54 Å². The van der Waals surface area contributed by atoms with Crippen molar-refractivity contribution in [2.75, 3.05) is 16.8 Å². The van der Waals surface area contributed by atoms with Crippen LogP contribution in [0.1, 0.15) is 0 Å². The van der Waals surface area contributed by atoms with Crippen LogP contribution in [0.3, 0.4) is 0 Å². The number of benzene rings is 2. The normalized spacial score (nSPS) is 13.4. The fraction of sp³-hybridized carbons (Fsp3) is 0.125. The highest BCUT2D eigenvalue weighted by molar-refractivity contribution is 7.80. The quantitative estimate of drug-likeness (QED) is 0.643. The number of rotatable bonds is 1. The number of fused-ring (bicyclic) bond motifs is 3. The smallest absolute Gasteiger partial charge is 0.213 e. The van der Waals surface area contributed by atoms with Gasteiger partial charge in [-0.05, 0) is 42.5 Å². The Kier molecular flexibility index (Phi) is 3.64. The van der Waals surface area contributed by atoms with Gasteiger partial charge in [0.15, 0.2) is 5.11 Å². The van der Waals surface area contributed by atoms with E-state index in [-0.39, 0.29) is 0 Å². The largest absolute Gasteiger partial charge is 0.331 e. The zero-order chi connectivity index (χ0) is 16.0. The number of nitrogens with one attached hydrogen (secondary N) is 1. The monoisotopic (exact) mass is 362 g/mol. The number of imidazole rings is 1. The van der Waals surface area contributed by atoms with Crippen molar-refractivity contribution in [3.63, 3.8) is 0 Å². The third-order valence-electron chi connectivity index (χ3n) is 3.84. The molecule has 0 bridgehead atoms. The second kappa shape index (κ2) is 5.67. The van der Waals surface area contributed by atoms with E-state index in [4.69, 9.17) is 35.4 Å². The Hall–Kier alpha value is -1.82. The Bertz CT molecular complexity index is 922. The van der Waals surface area contributed by atoms with E-state index < -0.39 is 0 Å². The van der Waals surface area contributed by atoms with Gasteiger partial charge in [0.05, 0.1) is 21.7 Å². The summed E-state index contributed by atoms with van der Waals surface area (Å²) < 4.78 is 2.17. The molecule has 116 valence electrons. The minimum absolute atomic E-state index is 0.535. The van der Waals surface area contributed by atoms with Crippen molar-refractivity contribution >= 4 is 63.2 Å². The summed E-state index contributed by atoms with van der Waals surface area (Å²) in [6.45, 7) is 1.64. The highest BCUT2D eigenvalue weighted by Crippen LogP contribution is 2.29. The van der Waals surface area contributed by atoms with Crippen LogP contribution in [0.2, 0.25) is 10.0 Å². The van der Waals surface area contributed by atoms with Crippen LogP contribution in [0.15, 0.2) is 42.5 Å². The Balaban J connectivity index is 1.64. The summed E-state index contributed by atoms with van der Waals surface area (Å²) in [5.41, 5.74) is 2.83. The van der Waals surface area contributed by atoms with Crippen molar-refractivity contribution in [1.82, 2.24) is 9.55 Å². The Morgan fingerprint density at radius 2 is 1.96 bits per heavy atom. The SMILES string of the molecule is S=C(Nc1ccc(Cl)cc1Cl)N1CCn2c1nc1ccccc12. The summed E-state index contributed by atoms with van der Waals surface area (Å²) in [5.74, 6) is 0.855.